The number of carbonyl (C=O) groups excluding carboxylic acids is 2. The molecule has 0 bridgehead atoms. The van der Waals surface area contributed by atoms with Crippen LogP contribution in [-0.4, -0.2) is 44.8 Å². The number of halogens is 2. The van der Waals surface area contributed by atoms with Gasteiger partial charge in [-0.05, 0) is 37.1 Å². The Morgan fingerprint density at radius 2 is 1.67 bits per heavy atom. The average Bonchev–Trinajstić information content (AvgIpc) is 2.66. The van der Waals surface area contributed by atoms with Crippen LogP contribution in [0.1, 0.15) is 19.4 Å². The highest BCUT2D eigenvalue weighted by atomic mass is 35.5. The molecule has 2 amide bonds. The molecule has 0 aliphatic rings. The maximum atomic E-state index is 12.6. The number of benzene rings is 2. The highest BCUT2D eigenvalue weighted by Gasteiger charge is 2.28. The van der Waals surface area contributed by atoms with Gasteiger partial charge in [-0.3, -0.25) is 9.59 Å². The predicted octanol–water partition coefficient (Wildman–Crippen LogP) is 3.32. The van der Waals surface area contributed by atoms with E-state index in [0.29, 0.717) is 5.69 Å². The van der Waals surface area contributed by atoms with Crippen LogP contribution < -0.4 is 10.0 Å². The molecule has 7 nitrogen and oxygen atoms in total. The standard InChI is InChI=1S/C20H23Cl2N3O4S/c1-4-14-8-5-6-11-17(14)23-18(26)12-25(3)20(27)13(2)24-30(28,29)19-15(21)9-7-10-16(19)22/h5-11,13,24H,4,12H2,1-3H3,(H,23,26). The molecule has 0 aliphatic heterocycles. The van der Waals surface area contributed by atoms with Gasteiger partial charge in [0.25, 0.3) is 0 Å². The average molecular weight is 472 g/mol. The molecule has 0 saturated heterocycles. The number of hydrogen-bond donors (Lipinski definition) is 2. The minimum absolute atomic E-state index is 0.0584. The summed E-state index contributed by atoms with van der Waals surface area (Å²) in [5.41, 5.74) is 1.64. The summed E-state index contributed by atoms with van der Waals surface area (Å²) in [5, 5.41) is 2.65. The van der Waals surface area contributed by atoms with E-state index in [2.05, 4.69) is 10.0 Å². The number of nitrogens with one attached hydrogen (secondary N) is 2. The van der Waals surface area contributed by atoms with E-state index in [0.717, 1.165) is 16.9 Å². The zero-order valence-electron chi connectivity index (χ0n) is 16.8. The highest BCUT2D eigenvalue weighted by molar-refractivity contribution is 7.89. The van der Waals surface area contributed by atoms with Gasteiger partial charge in [0.1, 0.15) is 4.90 Å². The van der Waals surface area contributed by atoms with Crippen molar-refractivity contribution in [1.29, 1.82) is 0 Å². The van der Waals surface area contributed by atoms with Crippen molar-refractivity contribution in [2.24, 2.45) is 0 Å². The predicted molar refractivity (Wildman–Crippen MR) is 118 cm³/mol. The monoisotopic (exact) mass is 471 g/mol. The van der Waals surface area contributed by atoms with Crippen molar-refractivity contribution in [3.8, 4) is 0 Å². The Morgan fingerprint density at radius 3 is 2.27 bits per heavy atom. The largest absolute Gasteiger partial charge is 0.335 e. The number of carbonyl (C=O) groups is 2. The first-order valence-corrected chi connectivity index (χ1v) is 11.4. The number of rotatable bonds is 8. The SMILES string of the molecule is CCc1ccccc1NC(=O)CN(C)C(=O)C(C)NS(=O)(=O)c1c(Cl)cccc1Cl. The smallest absolute Gasteiger partial charge is 0.244 e. The third-order valence-electron chi connectivity index (χ3n) is 4.32. The van der Waals surface area contributed by atoms with E-state index in [1.54, 1.807) is 12.1 Å². The number of likely N-dealkylation sites (N-methyl/N-ethyl adjacent to an activating group) is 1. The van der Waals surface area contributed by atoms with Gasteiger partial charge in [-0.2, -0.15) is 4.72 Å². The summed E-state index contributed by atoms with van der Waals surface area (Å²) in [6.45, 7) is 3.11. The van der Waals surface area contributed by atoms with Crippen molar-refractivity contribution in [1.82, 2.24) is 9.62 Å². The molecule has 30 heavy (non-hydrogen) atoms. The maximum absolute atomic E-state index is 12.6. The molecule has 10 heteroatoms. The van der Waals surface area contributed by atoms with Crippen molar-refractivity contribution in [2.45, 2.75) is 31.2 Å². The van der Waals surface area contributed by atoms with Gasteiger partial charge in [0.2, 0.25) is 21.8 Å². The molecule has 0 radical (unpaired) electrons. The van der Waals surface area contributed by atoms with Gasteiger partial charge >= 0.3 is 0 Å². The number of nitrogens with zero attached hydrogens (tertiary/aromatic N) is 1. The van der Waals surface area contributed by atoms with Crippen LogP contribution in [0, 0.1) is 0 Å². The summed E-state index contributed by atoms with van der Waals surface area (Å²) < 4.78 is 27.5. The number of anilines is 1. The lowest BCUT2D eigenvalue weighted by Gasteiger charge is -2.22. The quantitative estimate of drug-likeness (QED) is 0.616. The molecule has 2 aromatic carbocycles. The molecule has 1 atom stereocenters. The second-order valence-electron chi connectivity index (χ2n) is 6.65. The van der Waals surface area contributed by atoms with Gasteiger partial charge in [0, 0.05) is 12.7 Å². The lowest BCUT2D eigenvalue weighted by molar-refractivity contribution is -0.134. The summed E-state index contributed by atoms with van der Waals surface area (Å²) in [6.07, 6.45) is 0.745. The van der Waals surface area contributed by atoms with E-state index < -0.39 is 27.9 Å². The fourth-order valence-corrected chi connectivity index (χ4v) is 5.19. The van der Waals surface area contributed by atoms with Crippen LogP contribution in [0.15, 0.2) is 47.4 Å². The number of para-hydroxylation sites is 1. The third-order valence-corrected chi connectivity index (χ3v) is 6.81. The summed E-state index contributed by atoms with van der Waals surface area (Å²) in [7, 11) is -2.73. The summed E-state index contributed by atoms with van der Waals surface area (Å²) in [5.74, 6) is -0.975. The third kappa shape index (κ3) is 5.95. The van der Waals surface area contributed by atoms with Gasteiger partial charge in [-0.15, -0.1) is 0 Å². The van der Waals surface area contributed by atoms with Gasteiger partial charge in [0.15, 0.2) is 0 Å². The van der Waals surface area contributed by atoms with Crippen molar-refractivity contribution in [3.05, 3.63) is 58.1 Å². The Kier molecular flexibility index (Phi) is 8.25. The first-order valence-electron chi connectivity index (χ1n) is 9.16. The molecule has 0 saturated carbocycles. The van der Waals surface area contributed by atoms with Crippen molar-refractivity contribution in [2.75, 3.05) is 18.9 Å². The molecular formula is C20H23Cl2N3O4S. The Bertz CT molecular complexity index is 1020. The Balaban J connectivity index is 2.04. The lowest BCUT2D eigenvalue weighted by atomic mass is 10.1. The van der Waals surface area contributed by atoms with Crippen LogP contribution in [0.4, 0.5) is 5.69 Å². The van der Waals surface area contributed by atoms with E-state index in [1.807, 2.05) is 19.1 Å². The summed E-state index contributed by atoms with van der Waals surface area (Å²) >= 11 is 11.9. The van der Waals surface area contributed by atoms with Crippen LogP contribution in [0.5, 0.6) is 0 Å². The highest BCUT2D eigenvalue weighted by Crippen LogP contribution is 2.29. The molecule has 2 N–H and O–H groups in total. The Morgan fingerprint density at radius 1 is 1.07 bits per heavy atom. The summed E-state index contributed by atoms with van der Waals surface area (Å²) in [6, 6.07) is 10.5. The molecule has 162 valence electrons. The first-order chi connectivity index (χ1) is 14.1. The minimum Gasteiger partial charge on any atom is -0.335 e. The second kappa shape index (κ2) is 10.3. The fourth-order valence-electron chi connectivity index (χ4n) is 2.85. The molecule has 0 aliphatic carbocycles. The maximum Gasteiger partial charge on any atom is 0.244 e. The normalized spacial score (nSPS) is 12.3. The van der Waals surface area contributed by atoms with Crippen molar-refractivity contribution >= 4 is 50.7 Å². The van der Waals surface area contributed by atoms with Gasteiger partial charge in [-0.25, -0.2) is 8.42 Å². The van der Waals surface area contributed by atoms with Crippen LogP contribution in [0.3, 0.4) is 0 Å². The zero-order valence-corrected chi connectivity index (χ0v) is 19.1. The number of aryl methyl sites for hydroxylation is 1. The molecule has 0 heterocycles. The second-order valence-corrected chi connectivity index (χ2v) is 9.11. The van der Waals surface area contributed by atoms with Crippen LogP contribution >= 0.6 is 23.2 Å². The van der Waals surface area contributed by atoms with Gasteiger partial charge < -0.3 is 10.2 Å². The Labute approximate surface area is 186 Å². The zero-order chi connectivity index (χ0) is 22.5. The van der Waals surface area contributed by atoms with Gasteiger partial charge in [0.05, 0.1) is 22.6 Å². The minimum atomic E-state index is -4.15. The molecule has 0 fully saturated rings. The van der Waals surface area contributed by atoms with E-state index >= 15 is 0 Å². The van der Waals surface area contributed by atoms with Crippen LogP contribution in [-0.2, 0) is 26.0 Å². The summed E-state index contributed by atoms with van der Waals surface area (Å²) in [4.78, 5) is 25.8. The number of amides is 2. The molecular weight excluding hydrogens is 449 g/mol. The Hall–Kier alpha value is -2.13. The number of hydrogen-bond acceptors (Lipinski definition) is 4. The van der Waals surface area contributed by atoms with Crippen LogP contribution in [0.2, 0.25) is 10.0 Å². The van der Waals surface area contributed by atoms with Crippen LogP contribution in [0.25, 0.3) is 0 Å². The lowest BCUT2D eigenvalue weighted by Crippen LogP contribution is -2.47. The van der Waals surface area contributed by atoms with Crippen molar-refractivity contribution in [3.63, 3.8) is 0 Å². The molecule has 1 unspecified atom stereocenters. The van der Waals surface area contributed by atoms with Crippen molar-refractivity contribution < 1.29 is 18.0 Å². The van der Waals surface area contributed by atoms with E-state index in [1.165, 1.54) is 32.2 Å². The fraction of sp³-hybridized carbons (Fsp3) is 0.300. The van der Waals surface area contributed by atoms with E-state index in [4.69, 9.17) is 23.2 Å². The molecule has 2 rings (SSSR count). The molecule has 0 spiro atoms. The first kappa shape index (κ1) is 24.1. The molecule has 0 aromatic heterocycles. The molecule has 2 aromatic rings. The topological polar surface area (TPSA) is 95.6 Å². The van der Waals surface area contributed by atoms with Gasteiger partial charge in [-0.1, -0.05) is 54.4 Å². The van der Waals surface area contributed by atoms with E-state index in [9.17, 15) is 18.0 Å². The van der Waals surface area contributed by atoms with E-state index in [-0.39, 0.29) is 21.5 Å². The number of sulfonamides is 1.